The molecule has 0 radical (unpaired) electrons. The van der Waals surface area contributed by atoms with Crippen LogP contribution in [-0.2, 0) is 14.8 Å². The van der Waals surface area contributed by atoms with E-state index in [4.69, 9.17) is 4.74 Å². The predicted octanol–water partition coefficient (Wildman–Crippen LogP) is 4.14. The molecule has 2 aromatic carbocycles. The van der Waals surface area contributed by atoms with Crippen LogP contribution < -0.4 is 10.1 Å². The van der Waals surface area contributed by atoms with Crippen LogP contribution in [0.1, 0.15) is 19.8 Å². The van der Waals surface area contributed by atoms with Crippen molar-refractivity contribution in [1.82, 2.24) is 9.29 Å². The summed E-state index contributed by atoms with van der Waals surface area (Å²) in [6, 6.07) is 12.0. The maximum absolute atomic E-state index is 13.0. The van der Waals surface area contributed by atoms with Crippen LogP contribution in [0.5, 0.6) is 5.75 Å². The van der Waals surface area contributed by atoms with Crippen molar-refractivity contribution in [2.75, 3.05) is 18.4 Å². The fraction of sp³-hybridized carbons (Fsp3) is 0.273. The summed E-state index contributed by atoms with van der Waals surface area (Å²) in [5, 5.41) is 4.88. The van der Waals surface area contributed by atoms with E-state index >= 15 is 0 Å². The Morgan fingerprint density at radius 2 is 1.78 bits per heavy atom. The fourth-order valence-electron chi connectivity index (χ4n) is 3.32. The molecule has 1 N–H and O–H groups in total. The zero-order valence-electron chi connectivity index (χ0n) is 17.3. The first kappa shape index (κ1) is 22.4. The second kappa shape index (κ2) is 9.35. The van der Waals surface area contributed by atoms with Crippen LogP contribution in [0.4, 0.5) is 9.52 Å². The van der Waals surface area contributed by atoms with E-state index in [9.17, 15) is 17.6 Å². The highest BCUT2D eigenvalue weighted by atomic mass is 32.2. The number of rotatable bonds is 7. The van der Waals surface area contributed by atoms with Crippen molar-refractivity contribution in [2.24, 2.45) is 0 Å². The summed E-state index contributed by atoms with van der Waals surface area (Å²) in [6.45, 7) is 2.71. The molecule has 0 saturated carbocycles. The largest absolute Gasteiger partial charge is 0.481 e. The number of amides is 1. The lowest BCUT2D eigenvalue weighted by atomic mass is 10.2. The van der Waals surface area contributed by atoms with Gasteiger partial charge in [-0.25, -0.2) is 17.8 Å². The van der Waals surface area contributed by atoms with Crippen LogP contribution in [0, 0.1) is 5.82 Å². The lowest BCUT2D eigenvalue weighted by Crippen LogP contribution is -2.30. The Balaban J connectivity index is 1.40. The highest BCUT2D eigenvalue weighted by Gasteiger charge is 2.27. The van der Waals surface area contributed by atoms with Crippen molar-refractivity contribution in [3.8, 4) is 17.0 Å². The highest BCUT2D eigenvalue weighted by Crippen LogP contribution is 2.28. The second-order valence-electron chi connectivity index (χ2n) is 7.38. The number of benzene rings is 2. The number of hydrogen-bond donors (Lipinski definition) is 1. The van der Waals surface area contributed by atoms with Crippen molar-refractivity contribution >= 4 is 32.4 Å². The van der Waals surface area contributed by atoms with Crippen molar-refractivity contribution in [1.29, 1.82) is 0 Å². The molecule has 0 spiro atoms. The lowest BCUT2D eigenvalue weighted by molar-refractivity contribution is -0.122. The summed E-state index contributed by atoms with van der Waals surface area (Å²) < 4.78 is 45.3. The Labute approximate surface area is 189 Å². The molecule has 1 saturated heterocycles. The van der Waals surface area contributed by atoms with Crippen LogP contribution in [-0.4, -0.2) is 42.8 Å². The normalized spacial score (nSPS) is 15.4. The van der Waals surface area contributed by atoms with Gasteiger partial charge in [-0.15, -0.1) is 11.3 Å². The predicted molar refractivity (Wildman–Crippen MR) is 121 cm³/mol. The lowest BCUT2D eigenvalue weighted by Gasteiger charge is -2.15. The van der Waals surface area contributed by atoms with Gasteiger partial charge in [0.05, 0.1) is 10.6 Å². The van der Waals surface area contributed by atoms with Gasteiger partial charge >= 0.3 is 0 Å². The average molecular weight is 476 g/mol. The van der Waals surface area contributed by atoms with Crippen LogP contribution in [0.3, 0.4) is 0 Å². The van der Waals surface area contributed by atoms with Gasteiger partial charge in [0.2, 0.25) is 10.0 Å². The molecule has 0 aliphatic carbocycles. The van der Waals surface area contributed by atoms with E-state index in [1.165, 1.54) is 39.9 Å². The van der Waals surface area contributed by atoms with E-state index in [1.807, 2.05) is 0 Å². The van der Waals surface area contributed by atoms with Gasteiger partial charge in [-0.05, 0) is 56.2 Å². The third kappa shape index (κ3) is 4.98. The molecular formula is C22H22FN3O4S2. The molecule has 32 heavy (non-hydrogen) atoms. The minimum Gasteiger partial charge on any atom is -0.481 e. The Kier molecular flexibility index (Phi) is 6.54. The molecule has 1 aliphatic heterocycles. The number of thiazole rings is 1. The van der Waals surface area contributed by atoms with Crippen LogP contribution >= 0.6 is 11.3 Å². The van der Waals surface area contributed by atoms with Gasteiger partial charge in [0, 0.05) is 24.0 Å². The van der Waals surface area contributed by atoms with Crippen molar-refractivity contribution in [2.45, 2.75) is 30.8 Å². The Hall–Kier alpha value is -2.82. The Bertz CT molecular complexity index is 1190. The van der Waals surface area contributed by atoms with Crippen LogP contribution in [0.15, 0.2) is 58.8 Å². The number of sulfonamides is 1. The van der Waals surface area contributed by atoms with E-state index in [-0.39, 0.29) is 16.6 Å². The standard InChI is InChI=1S/C22H22FN3O4S2/c1-15(30-18-8-6-17(23)7-9-18)21(27)25-22-24-20(14-31-22)16-4-10-19(11-5-16)32(28,29)26-12-2-3-13-26/h4-11,14-15H,2-3,12-13H2,1H3,(H,24,25,27). The summed E-state index contributed by atoms with van der Waals surface area (Å²) >= 11 is 1.25. The van der Waals surface area contributed by atoms with Crippen LogP contribution in [0.25, 0.3) is 11.3 Å². The molecule has 3 aromatic rings. The molecule has 1 atom stereocenters. The maximum Gasteiger partial charge on any atom is 0.266 e. The topological polar surface area (TPSA) is 88.6 Å². The molecule has 1 unspecified atom stereocenters. The van der Waals surface area contributed by atoms with E-state index in [0.29, 0.717) is 29.7 Å². The number of nitrogens with one attached hydrogen (secondary N) is 1. The van der Waals surface area contributed by atoms with Gasteiger partial charge in [-0.1, -0.05) is 12.1 Å². The van der Waals surface area contributed by atoms with Gasteiger partial charge in [0.1, 0.15) is 11.6 Å². The van der Waals surface area contributed by atoms with Gasteiger partial charge in [-0.3, -0.25) is 10.1 Å². The second-order valence-corrected chi connectivity index (χ2v) is 10.2. The number of nitrogens with zero attached hydrogens (tertiary/aromatic N) is 2. The van der Waals surface area contributed by atoms with E-state index in [2.05, 4.69) is 10.3 Å². The first-order chi connectivity index (χ1) is 15.3. The SMILES string of the molecule is CC(Oc1ccc(F)cc1)C(=O)Nc1nc(-c2ccc(S(=O)(=O)N3CCCC3)cc2)cs1. The molecule has 1 aromatic heterocycles. The number of ether oxygens (including phenoxy) is 1. The van der Waals surface area contributed by atoms with Crippen molar-refractivity contribution < 1.29 is 22.3 Å². The van der Waals surface area contributed by atoms with Crippen molar-refractivity contribution in [3.63, 3.8) is 0 Å². The fourth-order valence-corrected chi connectivity index (χ4v) is 5.56. The quantitative estimate of drug-likeness (QED) is 0.555. The zero-order chi connectivity index (χ0) is 22.7. The van der Waals surface area contributed by atoms with E-state index in [0.717, 1.165) is 18.4 Å². The summed E-state index contributed by atoms with van der Waals surface area (Å²) in [7, 11) is -3.46. The van der Waals surface area contributed by atoms with E-state index in [1.54, 1.807) is 36.6 Å². The summed E-state index contributed by atoms with van der Waals surface area (Å²) in [6.07, 6.45) is 0.971. The average Bonchev–Trinajstić information content (AvgIpc) is 3.48. The molecule has 1 amide bonds. The third-order valence-corrected chi connectivity index (χ3v) is 7.75. The number of hydrogen-bond acceptors (Lipinski definition) is 6. The van der Waals surface area contributed by atoms with Gasteiger partial charge in [0.15, 0.2) is 11.2 Å². The molecule has 0 bridgehead atoms. The van der Waals surface area contributed by atoms with Gasteiger partial charge < -0.3 is 4.74 Å². The molecule has 7 nitrogen and oxygen atoms in total. The number of carbonyl (C=O) groups excluding carboxylic acids is 1. The minimum absolute atomic E-state index is 0.263. The first-order valence-corrected chi connectivity index (χ1v) is 12.4. The number of carbonyl (C=O) groups is 1. The first-order valence-electron chi connectivity index (χ1n) is 10.1. The molecule has 4 rings (SSSR count). The van der Waals surface area contributed by atoms with Gasteiger partial charge in [-0.2, -0.15) is 4.31 Å². The highest BCUT2D eigenvalue weighted by molar-refractivity contribution is 7.89. The Morgan fingerprint density at radius 3 is 2.44 bits per heavy atom. The molecule has 10 heteroatoms. The smallest absolute Gasteiger partial charge is 0.266 e. The number of halogens is 1. The number of aromatic nitrogens is 1. The van der Waals surface area contributed by atoms with Crippen molar-refractivity contribution in [3.05, 3.63) is 59.7 Å². The monoisotopic (exact) mass is 475 g/mol. The minimum atomic E-state index is -3.46. The summed E-state index contributed by atoms with van der Waals surface area (Å²) in [5.74, 6) is -0.383. The van der Waals surface area contributed by atoms with E-state index < -0.39 is 16.1 Å². The number of anilines is 1. The molecule has 168 valence electrons. The molecular weight excluding hydrogens is 453 g/mol. The zero-order valence-corrected chi connectivity index (χ0v) is 19.0. The summed E-state index contributed by atoms with van der Waals surface area (Å²) in [4.78, 5) is 17.1. The molecule has 1 aliphatic rings. The maximum atomic E-state index is 13.0. The third-order valence-electron chi connectivity index (χ3n) is 5.08. The van der Waals surface area contributed by atoms with Gasteiger partial charge in [0.25, 0.3) is 5.91 Å². The molecule has 1 fully saturated rings. The molecule has 2 heterocycles. The Morgan fingerprint density at radius 1 is 1.12 bits per heavy atom. The van der Waals surface area contributed by atoms with Crippen LogP contribution in [0.2, 0.25) is 0 Å². The summed E-state index contributed by atoms with van der Waals surface area (Å²) in [5.41, 5.74) is 1.38.